The maximum absolute atomic E-state index is 12.2. The van der Waals surface area contributed by atoms with Gasteiger partial charge < -0.3 is 24.3 Å². The van der Waals surface area contributed by atoms with E-state index in [4.69, 9.17) is 18.9 Å². The van der Waals surface area contributed by atoms with Crippen molar-refractivity contribution in [2.45, 2.75) is 57.3 Å². The largest absolute Gasteiger partial charge is 0.487 e. The summed E-state index contributed by atoms with van der Waals surface area (Å²) in [5, 5.41) is 41.2. The first-order valence-electron chi connectivity index (χ1n) is 11.6. The number of benzene rings is 1. The maximum Gasteiger partial charge on any atom is 0.472 e. The van der Waals surface area contributed by atoms with Crippen molar-refractivity contribution in [2.24, 2.45) is 0 Å². The molecule has 210 valence electrons. The summed E-state index contributed by atoms with van der Waals surface area (Å²) in [6.07, 6.45) is 0.446. The number of nitro groups is 2. The highest BCUT2D eigenvalue weighted by atomic mass is 31.2. The predicted octanol–water partition coefficient (Wildman–Crippen LogP) is 3.22. The van der Waals surface area contributed by atoms with Gasteiger partial charge in [-0.25, -0.2) is 4.57 Å². The van der Waals surface area contributed by atoms with E-state index in [1.165, 1.54) is 0 Å². The summed E-state index contributed by atoms with van der Waals surface area (Å²) in [4.78, 5) is 41.5. The van der Waals surface area contributed by atoms with Crippen molar-refractivity contribution in [2.75, 3.05) is 34.4 Å². The Balaban J connectivity index is 2.32. The van der Waals surface area contributed by atoms with E-state index in [9.17, 15) is 39.6 Å². The fourth-order valence-corrected chi connectivity index (χ4v) is 4.17. The van der Waals surface area contributed by atoms with Crippen molar-refractivity contribution in [3.63, 3.8) is 0 Å². The maximum atomic E-state index is 12.2. The average Bonchev–Trinajstić information content (AvgIpc) is 2.77. The lowest BCUT2D eigenvalue weighted by atomic mass is 10.1. The van der Waals surface area contributed by atoms with Gasteiger partial charge in [0.1, 0.15) is 0 Å². The first-order valence-corrected chi connectivity index (χ1v) is 13.1. The van der Waals surface area contributed by atoms with E-state index in [0.29, 0.717) is 19.3 Å². The molecule has 15 nitrogen and oxygen atoms in total. The minimum absolute atomic E-state index is 0.104. The molecule has 1 aromatic rings. The molecule has 0 aliphatic carbocycles. The van der Waals surface area contributed by atoms with E-state index in [2.05, 4.69) is 0 Å². The average molecular weight is 552 g/mol. The number of hydrogen-bond acceptors (Lipinski definition) is 10. The molecule has 0 saturated heterocycles. The van der Waals surface area contributed by atoms with E-state index in [1.807, 2.05) is 0 Å². The molecule has 1 aromatic carbocycles. The Bertz CT molecular complexity index is 969. The molecule has 0 aliphatic heterocycles. The van der Waals surface area contributed by atoms with E-state index < -0.39 is 42.4 Å². The number of phosphoric acid groups is 1. The lowest BCUT2D eigenvalue weighted by molar-refractivity contribution is -0.922. The van der Waals surface area contributed by atoms with Crippen molar-refractivity contribution < 1.29 is 52.6 Å². The standard InChI is InChI=1S/C21H34N3O12P/c1-24(2,3)21(27)19(15-20(25)26)36-37(32,33)35-13-9-7-5-4-6-8-12-34-18-14-16(22(28)29)10-11-17(18)23(30)31/h10-11,14,19,21,27H,4-9,12-13,15H2,1-3H3,(H-,25,26,32,33)/p+1. The van der Waals surface area contributed by atoms with Crippen LogP contribution >= 0.6 is 7.82 Å². The van der Waals surface area contributed by atoms with Crippen molar-refractivity contribution >= 4 is 25.2 Å². The minimum Gasteiger partial charge on any atom is -0.487 e. The van der Waals surface area contributed by atoms with Crippen molar-refractivity contribution in [1.82, 2.24) is 0 Å². The van der Waals surface area contributed by atoms with Crippen molar-refractivity contribution in [1.29, 1.82) is 0 Å². The van der Waals surface area contributed by atoms with Gasteiger partial charge in [0.25, 0.3) is 5.69 Å². The smallest absolute Gasteiger partial charge is 0.472 e. The molecule has 37 heavy (non-hydrogen) atoms. The Morgan fingerprint density at radius 2 is 1.59 bits per heavy atom. The number of aliphatic hydroxyl groups is 1. The SMILES string of the molecule is C[N+](C)(C)C(O)C(CC(=O)O)OP(=O)(O)OCCCCCCCCOc1cc([N+](=O)[O-])ccc1[N+](=O)[O-]. The summed E-state index contributed by atoms with van der Waals surface area (Å²) in [7, 11) is 0.148. The molecular formula is C21H35N3O12P+. The summed E-state index contributed by atoms with van der Waals surface area (Å²) < 4.78 is 27.3. The Morgan fingerprint density at radius 3 is 2.11 bits per heavy atom. The number of carbonyl (C=O) groups is 1. The van der Waals surface area contributed by atoms with E-state index in [0.717, 1.165) is 37.5 Å². The van der Waals surface area contributed by atoms with Crippen LogP contribution in [0.1, 0.15) is 44.9 Å². The molecule has 0 aliphatic rings. The summed E-state index contributed by atoms with van der Waals surface area (Å²) in [6.45, 7) is 0.0421. The number of aliphatic carboxylic acids is 1. The van der Waals surface area contributed by atoms with Crippen LogP contribution in [-0.4, -0.2) is 82.1 Å². The first kappa shape index (κ1) is 32.3. The van der Waals surface area contributed by atoms with Gasteiger partial charge in [-0.05, 0) is 12.8 Å². The number of nitro benzene ring substituents is 2. The molecule has 0 aromatic heterocycles. The highest BCUT2D eigenvalue weighted by Crippen LogP contribution is 2.46. The third-order valence-electron chi connectivity index (χ3n) is 5.17. The van der Waals surface area contributed by atoms with Crippen molar-refractivity contribution in [3.8, 4) is 5.75 Å². The molecule has 3 unspecified atom stereocenters. The highest BCUT2D eigenvalue weighted by molar-refractivity contribution is 7.47. The molecule has 0 spiro atoms. The zero-order chi connectivity index (χ0) is 28.2. The Labute approximate surface area is 214 Å². The fourth-order valence-electron chi connectivity index (χ4n) is 3.23. The van der Waals surface area contributed by atoms with Crippen LogP contribution in [0.5, 0.6) is 5.75 Å². The number of phosphoric ester groups is 1. The molecule has 0 saturated carbocycles. The molecule has 1 rings (SSSR count). The van der Waals surface area contributed by atoms with Gasteiger partial charge in [-0.1, -0.05) is 25.7 Å². The molecule has 16 heteroatoms. The second-order valence-corrected chi connectivity index (χ2v) is 10.6. The molecule has 0 fully saturated rings. The van der Waals surface area contributed by atoms with Gasteiger partial charge in [-0.3, -0.25) is 34.1 Å². The lowest BCUT2D eigenvalue weighted by Crippen LogP contribution is -2.52. The zero-order valence-electron chi connectivity index (χ0n) is 21.1. The first-order chi connectivity index (χ1) is 17.1. The van der Waals surface area contributed by atoms with Crippen LogP contribution in [0.4, 0.5) is 11.4 Å². The van der Waals surface area contributed by atoms with Crippen LogP contribution in [0.15, 0.2) is 18.2 Å². The number of ether oxygens (including phenoxy) is 1. The van der Waals surface area contributed by atoms with Gasteiger partial charge in [0.05, 0.1) is 56.7 Å². The van der Waals surface area contributed by atoms with E-state index in [1.54, 1.807) is 21.1 Å². The third-order valence-corrected chi connectivity index (χ3v) is 6.22. The van der Waals surface area contributed by atoms with Crippen LogP contribution in [-0.2, 0) is 18.4 Å². The second-order valence-electron chi connectivity index (χ2n) is 9.21. The van der Waals surface area contributed by atoms with Crippen molar-refractivity contribution in [3.05, 3.63) is 38.4 Å². The molecule has 0 bridgehead atoms. The van der Waals surface area contributed by atoms with Gasteiger partial charge in [0.2, 0.25) is 12.0 Å². The Morgan fingerprint density at radius 1 is 1.03 bits per heavy atom. The third kappa shape index (κ3) is 12.4. The van der Waals surface area contributed by atoms with Gasteiger partial charge in [-0.15, -0.1) is 0 Å². The van der Waals surface area contributed by atoms with Gasteiger partial charge in [0.15, 0.2) is 6.10 Å². The van der Waals surface area contributed by atoms with Crippen LogP contribution in [0, 0.1) is 20.2 Å². The van der Waals surface area contributed by atoms with Gasteiger partial charge >= 0.3 is 19.5 Å². The van der Waals surface area contributed by atoms with Gasteiger partial charge in [0, 0.05) is 12.1 Å². The highest BCUT2D eigenvalue weighted by Gasteiger charge is 2.39. The number of rotatable bonds is 19. The monoisotopic (exact) mass is 552 g/mol. The molecule has 0 radical (unpaired) electrons. The van der Waals surface area contributed by atoms with Gasteiger partial charge in [-0.2, -0.15) is 0 Å². The molecule has 0 amide bonds. The lowest BCUT2D eigenvalue weighted by Gasteiger charge is -2.34. The van der Waals surface area contributed by atoms with Crippen LogP contribution in [0.2, 0.25) is 0 Å². The summed E-state index contributed by atoms with van der Waals surface area (Å²) in [5.74, 6) is -1.46. The quantitative estimate of drug-likeness (QED) is 0.0564. The molecule has 3 N–H and O–H groups in total. The summed E-state index contributed by atoms with van der Waals surface area (Å²) >= 11 is 0. The van der Waals surface area contributed by atoms with E-state index in [-0.39, 0.29) is 34.8 Å². The number of likely N-dealkylation sites (N-methyl/N-ethyl adjacent to an activating group) is 1. The number of carboxylic acid groups (broad SMARTS) is 1. The second kappa shape index (κ2) is 14.9. The topological polar surface area (TPSA) is 209 Å². The van der Waals surface area contributed by atoms with Crippen LogP contribution < -0.4 is 4.74 Å². The Kier molecular flexibility index (Phi) is 13.0. The predicted molar refractivity (Wildman–Crippen MR) is 130 cm³/mol. The number of quaternary nitrogens is 1. The number of unbranched alkanes of at least 4 members (excludes halogenated alkanes) is 5. The van der Waals surface area contributed by atoms with E-state index >= 15 is 0 Å². The number of hydrogen-bond donors (Lipinski definition) is 3. The normalized spacial score (nSPS) is 14.9. The molecular weight excluding hydrogens is 517 g/mol. The fraction of sp³-hybridized carbons (Fsp3) is 0.667. The van der Waals surface area contributed by atoms with Crippen LogP contribution in [0.3, 0.4) is 0 Å². The zero-order valence-corrected chi connectivity index (χ0v) is 21.9. The minimum atomic E-state index is -4.59. The number of nitrogens with zero attached hydrogens (tertiary/aromatic N) is 3. The van der Waals surface area contributed by atoms with Crippen LogP contribution in [0.25, 0.3) is 0 Å². The number of non-ortho nitro benzene ring substituents is 1. The summed E-state index contributed by atoms with van der Waals surface area (Å²) in [5.41, 5.74) is -0.653. The molecule has 3 atom stereocenters. The molecule has 0 heterocycles. The Hall–Kier alpha value is -2.68. The number of aliphatic hydroxyl groups excluding tert-OH is 1. The number of carboxylic acids is 1. The summed E-state index contributed by atoms with van der Waals surface area (Å²) in [6, 6.07) is 3.10.